The molecule has 5 N–H and O–H groups in total. The normalized spacial score (nSPS) is 10.1. The van der Waals surface area contributed by atoms with E-state index in [1.54, 1.807) is 28.4 Å². The lowest BCUT2D eigenvalue weighted by molar-refractivity contribution is -0.118. The van der Waals surface area contributed by atoms with Crippen molar-refractivity contribution in [1.29, 1.82) is 0 Å². The summed E-state index contributed by atoms with van der Waals surface area (Å²) in [4.78, 5) is 17.3. The van der Waals surface area contributed by atoms with Gasteiger partial charge in [0.15, 0.2) is 23.0 Å². The van der Waals surface area contributed by atoms with Crippen LogP contribution in [0.3, 0.4) is 0 Å². The Bertz CT molecular complexity index is 1290. The third-order valence-electron chi connectivity index (χ3n) is 5.73. The maximum absolute atomic E-state index is 10.9. The average Bonchev–Trinajstić information content (AvgIpc) is 3.51. The van der Waals surface area contributed by atoms with E-state index >= 15 is 0 Å². The number of aromatic nitrogens is 2. The first-order valence-electron chi connectivity index (χ1n) is 11.8. The minimum atomic E-state index is -0.0147. The molecular formula is C28H38N4O5. The molecule has 200 valence electrons. The SMILES string of the molecule is C=C.COc1cc2[nH]cc(CCN)c2cc1OC.COc1cc2[nH]cc(CCNC(C)=O)c2cc1OC. The Hall–Kier alpha value is -4.11. The lowest BCUT2D eigenvalue weighted by atomic mass is 10.1. The summed E-state index contributed by atoms with van der Waals surface area (Å²) in [5.41, 5.74) is 9.96. The van der Waals surface area contributed by atoms with Crippen LogP contribution >= 0.6 is 0 Å². The van der Waals surface area contributed by atoms with E-state index in [9.17, 15) is 4.79 Å². The highest BCUT2D eigenvalue weighted by atomic mass is 16.5. The third kappa shape index (κ3) is 7.20. The third-order valence-corrected chi connectivity index (χ3v) is 5.73. The van der Waals surface area contributed by atoms with Crippen LogP contribution in [-0.4, -0.2) is 57.4 Å². The monoisotopic (exact) mass is 510 g/mol. The molecular weight excluding hydrogens is 472 g/mol. The van der Waals surface area contributed by atoms with E-state index in [4.69, 9.17) is 24.7 Å². The zero-order chi connectivity index (χ0) is 27.4. The number of aromatic amines is 2. The van der Waals surface area contributed by atoms with Crippen LogP contribution in [0.2, 0.25) is 0 Å². The summed E-state index contributed by atoms with van der Waals surface area (Å²) < 4.78 is 21.1. The number of nitrogens with two attached hydrogens (primary N) is 1. The molecule has 2 aromatic heterocycles. The van der Waals surface area contributed by atoms with Crippen LogP contribution in [-0.2, 0) is 17.6 Å². The number of ether oxygens (including phenoxy) is 4. The van der Waals surface area contributed by atoms with E-state index in [-0.39, 0.29) is 5.91 Å². The van der Waals surface area contributed by atoms with E-state index in [2.05, 4.69) is 28.4 Å². The molecule has 0 aliphatic rings. The van der Waals surface area contributed by atoms with E-state index in [0.29, 0.717) is 24.6 Å². The summed E-state index contributed by atoms with van der Waals surface area (Å²) in [6, 6.07) is 7.79. The second-order valence-corrected chi connectivity index (χ2v) is 7.91. The number of hydrogen-bond donors (Lipinski definition) is 4. The summed E-state index contributed by atoms with van der Waals surface area (Å²) in [6.07, 6.45) is 5.56. The van der Waals surface area contributed by atoms with Crippen LogP contribution in [0.1, 0.15) is 18.1 Å². The smallest absolute Gasteiger partial charge is 0.216 e. The molecule has 0 saturated heterocycles. The van der Waals surface area contributed by atoms with Gasteiger partial charge >= 0.3 is 0 Å². The number of hydrogen-bond acceptors (Lipinski definition) is 6. The van der Waals surface area contributed by atoms with Gasteiger partial charge in [0.05, 0.1) is 28.4 Å². The number of carbonyl (C=O) groups is 1. The molecule has 9 nitrogen and oxygen atoms in total. The maximum atomic E-state index is 10.9. The molecule has 1 amide bonds. The number of carbonyl (C=O) groups excluding carboxylic acids is 1. The highest BCUT2D eigenvalue weighted by molar-refractivity contribution is 5.87. The van der Waals surface area contributed by atoms with Gasteiger partial charge in [0.25, 0.3) is 0 Å². The Morgan fingerprint density at radius 2 is 1.19 bits per heavy atom. The lowest BCUT2D eigenvalue weighted by Crippen LogP contribution is -2.22. The maximum Gasteiger partial charge on any atom is 0.216 e. The van der Waals surface area contributed by atoms with E-state index < -0.39 is 0 Å². The second-order valence-electron chi connectivity index (χ2n) is 7.91. The highest BCUT2D eigenvalue weighted by Gasteiger charge is 2.11. The van der Waals surface area contributed by atoms with Crippen molar-refractivity contribution in [1.82, 2.24) is 15.3 Å². The van der Waals surface area contributed by atoms with Gasteiger partial charge in [-0.1, -0.05) is 0 Å². The Balaban J connectivity index is 0.000000247. The number of rotatable bonds is 9. The Morgan fingerprint density at radius 3 is 1.57 bits per heavy atom. The zero-order valence-electron chi connectivity index (χ0n) is 22.3. The van der Waals surface area contributed by atoms with Crippen molar-refractivity contribution in [2.24, 2.45) is 5.73 Å². The molecule has 0 spiro atoms. The summed E-state index contributed by atoms with van der Waals surface area (Å²) in [6.45, 7) is 8.78. The van der Waals surface area contributed by atoms with Crippen molar-refractivity contribution in [3.05, 3.63) is 60.9 Å². The van der Waals surface area contributed by atoms with Crippen molar-refractivity contribution >= 4 is 27.7 Å². The summed E-state index contributed by atoms with van der Waals surface area (Å²) in [7, 11) is 6.50. The number of fused-ring (bicyclic) bond motifs is 2. The average molecular weight is 511 g/mol. The van der Waals surface area contributed by atoms with Crippen molar-refractivity contribution in [2.75, 3.05) is 41.5 Å². The van der Waals surface area contributed by atoms with Crippen molar-refractivity contribution < 1.29 is 23.7 Å². The predicted molar refractivity (Wildman–Crippen MR) is 149 cm³/mol. The molecule has 0 radical (unpaired) electrons. The van der Waals surface area contributed by atoms with Gasteiger partial charge in [0.1, 0.15) is 0 Å². The van der Waals surface area contributed by atoms with Gasteiger partial charge in [-0.3, -0.25) is 4.79 Å². The lowest BCUT2D eigenvalue weighted by Gasteiger charge is -2.08. The van der Waals surface area contributed by atoms with Crippen LogP contribution in [0, 0.1) is 0 Å². The molecule has 37 heavy (non-hydrogen) atoms. The van der Waals surface area contributed by atoms with Crippen molar-refractivity contribution in [2.45, 2.75) is 19.8 Å². The summed E-state index contributed by atoms with van der Waals surface area (Å²) in [5, 5.41) is 5.02. The van der Waals surface area contributed by atoms with Gasteiger partial charge in [-0.15, -0.1) is 13.2 Å². The molecule has 0 saturated carbocycles. The highest BCUT2D eigenvalue weighted by Crippen LogP contribution is 2.34. The molecule has 4 aromatic rings. The Labute approximate surface area is 217 Å². The molecule has 0 aliphatic heterocycles. The molecule has 0 fully saturated rings. The molecule has 0 bridgehead atoms. The predicted octanol–water partition coefficient (Wildman–Crippen LogP) is 4.35. The number of amides is 1. The van der Waals surface area contributed by atoms with Crippen LogP contribution < -0.4 is 30.0 Å². The molecule has 0 aliphatic carbocycles. The van der Waals surface area contributed by atoms with E-state index in [1.807, 2.05) is 36.7 Å². The molecule has 0 unspecified atom stereocenters. The number of methoxy groups -OCH3 is 4. The summed E-state index contributed by atoms with van der Waals surface area (Å²) in [5.74, 6) is 2.86. The fraction of sp³-hybridized carbons (Fsp3) is 0.321. The molecule has 2 aromatic carbocycles. The summed E-state index contributed by atoms with van der Waals surface area (Å²) >= 11 is 0. The standard InChI is InChI=1S/C14H18N2O3.C12H16N2O2.C2H4/c1-9(17)15-5-4-10-8-16-12-7-14(19-3)13(18-2)6-11(10)12;1-15-11-5-9-8(3-4-13)7-14-10(9)6-12(11)16-2;1-2/h6-8,16H,4-5H2,1-3H3,(H,15,17);5-7,14H,3-4,13H2,1-2H3;1-2H2. The Kier molecular flexibility index (Phi) is 11.4. The van der Waals surface area contributed by atoms with Crippen molar-refractivity contribution in [3.63, 3.8) is 0 Å². The molecule has 2 heterocycles. The minimum absolute atomic E-state index is 0.0147. The largest absolute Gasteiger partial charge is 0.493 e. The quantitative estimate of drug-likeness (QED) is 0.248. The number of benzene rings is 2. The first kappa shape index (κ1) is 29.1. The first-order valence-corrected chi connectivity index (χ1v) is 11.8. The zero-order valence-corrected chi connectivity index (χ0v) is 22.3. The van der Waals surface area contributed by atoms with Gasteiger partial charge in [0, 0.05) is 59.8 Å². The number of nitrogens with one attached hydrogen (secondary N) is 3. The van der Waals surface area contributed by atoms with Crippen LogP contribution in [0.15, 0.2) is 49.8 Å². The fourth-order valence-corrected chi connectivity index (χ4v) is 3.96. The topological polar surface area (TPSA) is 124 Å². The minimum Gasteiger partial charge on any atom is -0.493 e. The molecule has 9 heteroatoms. The van der Waals surface area contributed by atoms with E-state index in [1.165, 1.54) is 12.5 Å². The molecule has 4 rings (SSSR count). The molecule has 0 atom stereocenters. The van der Waals surface area contributed by atoms with Crippen molar-refractivity contribution in [3.8, 4) is 23.0 Å². The van der Waals surface area contributed by atoms with Gasteiger partial charge in [-0.25, -0.2) is 0 Å². The van der Waals surface area contributed by atoms with Gasteiger partial charge < -0.3 is 40.0 Å². The van der Waals surface area contributed by atoms with E-state index in [0.717, 1.165) is 51.7 Å². The van der Waals surface area contributed by atoms with Gasteiger partial charge in [-0.05, 0) is 42.6 Å². The number of H-pyrrole nitrogens is 2. The van der Waals surface area contributed by atoms with Crippen LogP contribution in [0.4, 0.5) is 0 Å². The Morgan fingerprint density at radius 1 is 0.784 bits per heavy atom. The fourth-order valence-electron chi connectivity index (χ4n) is 3.96. The first-order chi connectivity index (χ1) is 17.9. The van der Waals surface area contributed by atoms with Crippen LogP contribution in [0.25, 0.3) is 21.8 Å². The van der Waals surface area contributed by atoms with Gasteiger partial charge in [-0.2, -0.15) is 0 Å². The van der Waals surface area contributed by atoms with Gasteiger partial charge in [0.2, 0.25) is 5.91 Å². The van der Waals surface area contributed by atoms with Crippen LogP contribution in [0.5, 0.6) is 23.0 Å². The second kappa shape index (κ2) is 14.4.